The lowest BCUT2D eigenvalue weighted by atomic mass is 10.0. The number of nitrogens with one attached hydrogen (secondary N) is 2. The van der Waals surface area contributed by atoms with E-state index in [1.165, 1.54) is 6.26 Å². The van der Waals surface area contributed by atoms with Crippen LogP contribution < -0.4 is 5.32 Å². The van der Waals surface area contributed by atoms with Gasteiger partial charge in [0, 0.05) is 17.8 Å². The highest BCUT2D eigenvalue weighted by Crippen LogP contribution is 2.24. The van der Waals surface area contributed by atoms with E-state index in [-0.39, 0.29) is 6.04 Å². The average molecular weight is 329 g/mol. The number of fused-ring (bicyclic) bond motifs is 1. The lowest BCUT2D eigenvalue weighted by molar-refractivity contribution is 0.601. The van der Waals surface area contributed by atoms with Crippen LogP contribution in [0.2, 0.25) is 0 Å². The van der Waals surface area contributed by atoms with E-state index >= 15 is 0 Å². The van der Waals surface area contributed by atoms with Crippen molar-refractivity contribution in [2.75, 3.05) is 11.6 Å². The molecular weight excluding hydrogens is 310 g/mol. The molecule has 120 valence electrons. The van der Waals surface area contributed by atoms with E-state index in [2.05, 4.69) is 22.2 Å². The second-order valence-electron chi connectivity index (χ2n) is 5.56. The Kier molecular flexibility index (Phi) is 4.09. The van der Waals surface area contributed by atoms with Gasteiger partial charge in [-0.2, -0.15) is 0 Å². The van der Waals surface area contributed by atoms with Crippen molar-refractivity contribution < 1.29 is 8.42 Å². The summed E-state index contributed by atoms with van der Waals surface area (Å²) in [4.78, 5) is 7.98. The number of rotatable bonds is 5. The smallest absolute Gasteiger partial charge is 0.175 e. The predicted octanol–water partition coefficient (Wildman–Crippen LogP) is 3.53. The molecule has 3 aromatic rings. The minimum Gasteiger partial charge on any atom is -0.363 e. The minimum atomic E-state index is -3.17. The minimum absolute atomic E-state index is 0.0727. The molecule has 2 aromatic heterocycles. The average Bonchev–Trinajstić information content (AvgIpc) is 2.99. The quantitative estimate of drug-likeness (QED) is 0.751. The molecule has 2 heterocycles. The number of aromatic amines is 1. The molecule has 3 rings (SSSR count). The molecule has 6 heteroatoms. The lowest BCUT2D eigenvalue weighted by Gasteiger charge is -2.18. The Morgan fingerprint density at radius 1 is 1.13 bits per heavy atom. The van der Waals surface area contributed by atoms with Crippen LogP contribution in [-0.4, -0.2) is 24.6 Å². The number of anilines is 1. The fraction of sp³-hybridized carbons (Fsp3) is 0.235. The summed E-state index contributed by atoms with van der Waals surface area (Å²) >= 11 is 0. The number of benzene rings is 1. The summed E-state index contributed by atoms with van der Waals surface area (Å²) in [6.45, 7) is 2.08. The van der Waals surface area contributed by atoms with E-state index in [1.807, 2.05) is 36.5 Å². The van der Waals surface area contributed by atoms with Crippen molar-refractivity contribution in [1.29, 1.82) is 0 Å². The number of hydrogen-bond donors (Lipinski definition) is 2. The summed E-state index contributed by atoms with van der Waals surface area (Å²) in [5.74, 6) is 0.791. The van der Waals surface area contributed by atoms with Crippen LogP contribution in [0.25, 0.3) is 11.0 Å². The van der Waals surface area contributed by atoms with Gasteiger partial charge in [0.05, 0.1) is 10.9 Å². The zero-order valence-electron chi connectivity index (χ0n) is 13.1. The van der Waals surface area contributed by atoms with Gasteiger partial charge in [-0.25, -0.2) is 13.4 Å². The Labute approximate surface area is 135 Å². The van der Waals surface area contributed by atoms with Gasteiger partial charge in [0.2, 0.25) is 0 Å². The number of aromatic nitrogens is 2. The fourth-order valence-electron chi connectivity index (χ4n) is 2.56. The molecular formula is C17H19N3O2S. The van der Waals surface area contributed by atoms with E-state index in [0.29, 0.717) is 4.90 Å². The number of H-pyrrole nitrogens is 1. The van der Waals surface area contributed by atoms with E-state index in [0.717, 1.165) is 28.8 Å². The summed E-state index contributed by atoms with van der Waals surface area (Å²) in [5, 5.41) is 4.48. The maximum Gasteiger partial charge on any atom is 0.175 e. The fourth-order valence-corrected chi connectivity index (χ4v) is 3.19. The summed E-state index contributed by atoms with van der Waals surface area (Å²) in [5.41, 5.74) is 1.88. The van der Waals surface area contributed by atoms with Crippen LogP contribution in [0.5, 0.6) is 0 Å². The number of nitrogens with zero attached hydrogens (tertiary/aromatic N) is 1. The predicted molar refractivity (Wildman–Crippen MR) is 92.3 cm³/mol. The molecule has 1 atom stereocenters. The van der Waals surface area contributed by atoms with Gasteiger partial charge in [-0.1, -0.05) is 19.1 Å². The van der Waals surface area contributed by atoms with Crippen LogP contribution in [0.1, 0.15) is 24.9 Å². The van der Waals surface area contributed by atoms with Gasteiger partial charge in [-0.05, 0) is 42.3 Å². The summed E-state index contributed by atoms with van der Waals surface area (Å²) in [6.07, 6.45) is 3.94. The van der Waals surface area contributed by atoms with E-state index in [4.69, 9.17) is 0 Å². The maximum absolute atomic E-state index is 11.5. The molecule has 0 aliphatic rings. The standard InChI is InChI=1S/C17H19N3O2S/c1-3-15(12-4-7-14(8-5-12)23(2,21)22)19-16-9-6-13-10-11-18-17(13)20-16/h4-11,15H,3H2,1-2H3,(H2,18,19,20)/t15-/m0/s1. The normalized spacial score (nSPS) is 13.1. The topological polar surface area (TPSA) is 74.8 Å². The zero-order chi connectivity index (χ0) is 16.4. The Morgan fingerprint density at radius 2 is 1.87 bits per heavy atom. The van der Waals surface area contributed by atoms with Crippen molar-refractivity contribution in [1.82, 2.24) is 9.97 Å². The largest absolute Gasteiger partial charge is 0.363 e. The number of hydrogen-bond acceptors (Lipinski definition) is 4. The monoisotopic (exact) mass is 329 g/mol. The van der Waals surface area contributed by atoms with Crippen LogP contribution >= 0.6 is 0 Å². The van der Waals surface area contributed by atoms with Crippen molar-refractivity contribution in [2.24, 2.45) is 0 Å². The highest BCUT2D eigenvalue weighted by atomic mass is 32.2. The molecule has 0 amide bonds. The Bertz CT molecular complexity index is 914. The van der Waals surface area contributed by atoms with E-state index < -0.39 is 9.84 Å². The second kappa shape index (κ2) is 6.04. The molecule has 5 nitrogen and oxygen atoms in total. The first-order chi connectivity index (χ1) is 11.0. The maximum atomic E-state index is 11.5. The van der Waals surface area contributed by atoms with Gasteiger partial charge >= 0.3 is 0 Å². The van der Waals surface area contributed by atoms with Crippen LogP contribution in [0.4, 0.5) is 5.82 Å². The highest BCUT2D eigenvalue weighted by molar-refractivity contribution is 7.90. The van der Waals surface area contributed by atoms with Gasteiger partial charge in [0.25, 0.3) is 0 Å². The van der Waals surface area contributed by atoms with Crippen molar-refractivity contribution in [2.45, 2.75) is 24.3 Å². The Balaban J connectivity index is 1.84. The second-order valence-corrected chi connectivity index (χ2v) is 7.57. The van der Waals surface area contributed by atoms with E-state index in [9.17, 15) is 8.42 Å². The highest BCUT2D eigenvalue weighted by Gasteiger charge is 2.12. The van der Waals surface area contributed by atoms with Gasteiger partial charge in [-0.3, -0.25) is 0 Å². The number of pyridine rings is 1. The summed E-state index contributed by atoms with van der Waals surface area (Å²) in [6, 6.07) is 13.0. The van der Waals surface area contributed by atoms with Crippen molar-refractivity contribution >= 4 is 26.7 Å². The molecule has 0 aliphatic carbocycles. The van der Waals surface area contributed by atoms with Gasteiger partial charge in [0.1, 0.15) is 11.5 Å². The third-order valence-corrected chi connectivity index (χ3v) is 4.98. The zero-order valence-corrected chi connectivity index (χ0v) is 13.9. The lowest BCUT2D eigenvalue weighted by Crippen LogP contribution is -2.11. The first kappa shape index (κ1) is 15.6. The molecule has 1 aromatic carbocycles. The Hall–Kier alpha value is -2.34. The van der Waals surface area contributed by atoms with Crippen molar-refractivity contribution in [3.05, 3.63) is 54.2 Å². The third kappa shape index (κ3) is 3.37. The van der Waals surface area contributed by atoms with Crippen LogP contribution in [-0.2, 0) is 9.84 Å². The first-order valence-corrected chi connectivity index (χ1v) is 9.37. The van der Waals surface area contributed by atoms with Gasteiger partial charge in [-0.15, -0.1) is 0 Å². The van der Waals surface area contributed by atoms with E-state index in [1.54, 1.807) is 12.1 Å². The van der Waals surface area contributed by atoms with Gasteiger partial charge < -0.3 is 10.3 Å². The van der Waals surface area contributed by atoms with Crippen LogP contribution in [0.15, 0.2) is 53.6 Å². The van der Waals surface area contributed by atoms with Crippen LogP contribution in [0, 0.1) is 0 Å². The molecule has 0 saturated carbocycles. The molecule has 23 heavy (non-hydrogen) atoms. The molecule has 2 N–H and O–H groups in total. The molecule has 0 unspecified atom stereocenters. The van der Waals surface area contributed by atoms with Crippen LogP contribution in [0.3, 0.4) is 0 Å². The molecule has 0 spiro atoms. The molecule has 0 fully saturated rings. The van der Waals surface area contributed by atoms with Gasteiger partial charge in [0.15, 0.2) is 9.84 Å². The number of sulfone groups is 1. The molecule has 0 saturated heterocycles. The third-order valence-electron chi connectivity index (χ3n) is 3.85. The summed E-state index contributed by atoms with van der Waals surface area (Å²) in [7, 11) is -3.17. The molecule has 0 aliphatic heterocycles. The Morgan fingerprint density at radius 3 is 2.52 bits per heavy atom. The summed E-state index contributed by atoms with van der Waals surface area (Å²) < 4.78 is 23.1. The first-order valence-electron chi connectivity index (χ1n) is 7.48. The molecule has 0 radical (unpaired) electrons. The molecule has 0 bridgehead atoms. The van der Waals surface area contributed by atoms with Crippen molar-refractivity contribution in [3.8, 4) is 0 Å². The SMILES string of the molecule is CC[C@H](Nc1ccc2cc[nH]c2n1)c1ccc(S(C)(=O)=O)cc1. The van der Waals surface area contributed by atoms with Crippen molar-refractivity contribution in [3.63, 3.8) is 0 Å².